The van der Waals surface area contributed by atoms with Crippen LogP contribution in [0.3, 0.4) is 0 Å². The van der Waals surface area contributed by atoms with Crippen LogP contribution >= 0.6 is 0 Å². The number of ether oxygens (including phenoxy) is 1. The smallest absolute Gasteiger partial charge is 0.0645 e. The summed E-state index contributed by atoms with van der Waals surface area (Å²) < 4.78 is 5.87. The maximum atomic E-state index is 8.58. The SMILES string of the molecule is CCCC[C@H](CC)CC[C@@H](CC(C)C)OCCC#N. The highest BCUT2D eigenvalue weighted by Gasteiger charge is 2.14. The van der Waals surface area contributed by atoms with Crippen LogP contribution in [0, 0.1) is 23.2 Å². The third-order valence-electron chi connectivity index (χ3n) is 3.74. The molecule has 0 heterocycles. The summed E-state index contributed by atoms with van der Waals surface area (Å²) in [6.07, 6.45) is 9.72. The number of nitrogens with zero attached hydrogens (tertiary/aromatic N) is 1. The molecule has 0 fully saturated rings. The van der Waals surface area contributed by atoms with Gasteiger partial charge in [-0.3, -0.25) is 0 Å². The molecule has 0 saturated heterocycles. The number of hydrogen-bond acceptors (Lipinski definition) is 2. The van der Waals surface area contributed by atoms with Crippen LogP contribution < -0.4 is 0 Å². The lowest BCUT2D eigenvalue weighted by Crippen LogP contribution is -2.18. The highest BCUT2D eigenvalue weighted by atomic mass is 16.5. The Bertz CT molecular complexity index is 232. The Labute approximate surface area is 120 Å². The molecule has 0 spiro atoms. The van der Waals surface area contributed by atoms with E-state index in [-0.39, 0.29) is 0 Å². The number of nitriles is 1. The largest absolute Gasteiger partial charge is 0.377 e. The van der Waals surface area contributed by atoms with Gasteiger partial charge in [-0.1, -0.05) is 53.4 Å². The lowest BCUT2D eigenvalue weighted by Gasteiger charge is -2.22. The first-order chi connectivity index (χ1) is 9.13. The van der Waals surface area contributed by atoms with Crippen molar-refractivity contribution in [2.75, 3.05) is 6.61 Å². The van der Waals surface area contributed by atoms with Gasteiger partial charge in [-0.05, 0) is 31.1 Å². The highest BCUT2D eigenvalue weighted by molar-refractivity contribution is 4.70. The van der Waals surface area contributed by atoms with Gasteiger partial charge >= 0.3 is 0 Å². The van der Waals surface area contributed by atoms with E-state index in [2.05, 4.69) is 33.8 Å². The highest BCUT2D eigenvalue weighted by Crippen LogP contribution is 2.22. The molecule has 0 aromatic heterocycles. The molecule has 0 aromatic carbocycles. The Morgan fingerprint density at radius 1 is 1.11 bits per heavy atom. The lowest BCUT2D eigenvalue weighted by atomic mass is 9.91. The van der Waals surface area contributed by atoms with E-state index in [0.29, 0.717) is 25.0 Å². The van der Waals surface area contributed by atoms with E-state index in [0.717, 1.165) is 18.8 Å². The zero-order valence-corrected chi connectivity index (χ0v) is 13.5. The van der Waals surface area contributed by atoms with Crippen molar-refractivity contribution in [2.45, 2.75) is 85.2 Å². The molecule has 0 N–H and O–H groups in total. The first-order valence-electron chi connectivity index (χ1n) is 8.12. The molecule has 112 valence electrons. The van der Waals surface area contributed by atoms with Crippen molar-refractivity contribution in [2.24, 2.45) is 11.8 Å². The minimum atomic E-state index is 0.351. The van der Waals surface area contributed by atoms with Crippen molar-refractivity contribution >= 4 is 0 Å². The Hall–Kier alpha value is -0.550. The molecule has 0 aliphatic carbocycles. The van der Waals surface area contributed by atoms with Crippen LogP contribution in [-0.2, 0) is 4.74 Å². The average Bonchev–Trinajstić information content (AvgIpc) is 2.38. The molecular formula is C17H33NO. The van der Waals surface area contributed by atoms with Crippen LogP contribution in [0.5, 0.6) is 0 Å². The van der Waals surface area contributed by atoms with E-state index >= 15 is 0 Å². The minimum absolute atomic E-state index is 0.351. The molecule has 0 radical (unpaired) electrons. The van der Waals surface area contributed by atoms with E-state index in [1.807, 2.05) is 0 Å². The quantitative estimate of drug-likeness (QED) is 0.448. The van der Waals surface area contributed by atoms with Gasteiger partial charge in [-0.15, -0.1) is 0 Å². The van der Waals surface area contributed by atoms with Gasteiger partial charge < -0.3 is 4.74 Å². The molecule has 0 aliphatic heterocycles. The summed E-state index contributed by atoms with van der Waals surface area (Å²) in [5.41, 5.74) is 0. The second-order valence-corrected chi connectivity index (χ2v) is 6.02. The fourth-order valence-corrected chi connectivity index (χ4v) is 2.53. The van der Waals surface area contributed by atoms with Gasteiger partial charge in [0.2, 0.25) is 0 Å². The normalized spacial score (nSPS) is 14.3. The molecule has 2 heteroatoms. The molecule has 0 bridgehead atoms. The predicted octanol–water partition coefficient (Wildman–Crippen LogP) is 5.33. The first-order valence-corrected chi connectivity index (χ1v) is 8.12. The van der Waals surface area contributed by atoms with Gasteiger partial charge in [0.15, 0.2) is 0 Å². The van der Waals surface area contributed by atoms with Crippen LogP contribution in [-0.4, -0.2) is 12.7 Å². The lowest BCUT2D eigenvalue weighted by molar-refractivity contribution is 0.0322. The fourth-order valence-electron chi connectivity index (χ4n) is 2.53. The van der Waals surface area contributed by atoms with Crippen molar-refractivity contribution in [3.8, 4) is 6.07 Å². The zero-order valence-electron chi connectivity index (χ0n) is 13.5. The average molecular weight is 267 g/mol. The molecule has 0 unspecified atom stereocenters. The molecule has 0 saturated carbocycles. The Balaban J connectivity index is 4.03. The van der Waals surface area contributed by atoms with Crippen molar-refractivity contribution in [3.63, 3.8) is 0 Å². The monoisotopic (exact) mass is 267 g/mol. The first kappa shape index (κ1) is 18.4. The zero-order chi connectivity index (χ0) is 14.5. The van der Waals surface area contributed by atoms with E-state index in [9.17, 15) is 0 Å². The van der Waals surface area contributed by atoms with Gasteiger partial charge in [0.05, 0.1) is 25.2 Å². The molecule has 19 heavy (non-hydrogen) atoms. The summed E-state index contributed by atoms with van der Waals surface area (Å²) in [5, 5.41) is 8.58. The topological polar surface area (TPSA) is 33.0 Å². The molecule has 0 aromatic rings. The summed E-state index contributed by atoms with van der Waals surface area (Å²) in [7, 11) is 0. The predicted molar refractivity (Wildman–Crippen MR) is 82.0 cm³/mol. The standard InChI is InChI=1S/C17H33NO/c1-5-7-9-16(6-2)10-11-17(14-15(3)4)19-13-8-12-18/h15-17H,5-11,13-14H2,1-4H3/t16-,17-/m0/s1. The number of rotatable bonds is 12. The Kier molecular flexibility index (Phi) is 12.1. The Morgan fingerprint density at radius 2 is 1.84 bits per heavy atom. The molecule has 2 nitrogen and oxygen atoms in total. The second-order valence-electron chi connectivity index (χ2n) is 6.02. The van der Waals surface area contributed by atoms with Crippen molar-refractivity contribution < 1.29 is 4.74 Å². The Morgan fingerprint density at radius 3 is 2.37 bits per heavy atom. The van der Waals surface area contributed by atoms with Gasteiger partial charge in [0, 0.05) is 0 Å². The van der Waals surface area contributed by atoms with E-state index < -0.39 is 0 Å². The fraction of sp³-hybridized carbons (Fsp3) is 0.941. The third-order valence-corrected chi connectivity index (χ3v) is 3.74. The van der Waals surface area contributed by atoms with Gasteiger partial charge in [0.25, 0.3) is 0 Å². The van der Waals surface area contributed by atoms with Gasteiger partial charge in [-0.2, -0.15) is 5.26 Å². The molecule has 0 aliphatic rings. The van der Waals surface area contributed by atoms with E-state index in [4.69, 9.17) is 10.00 Å². The van der Waals surface area contributed by atoms with Crippen LogP contribution in [0.4, 0.5) is 0 Å². The minimum Gasteiger partial charge on any atom is -0.377 e. The molecule has 0 amide bonds. The number of unbranched alkanes of at least 4 members (excludes halogenated alkanes) is 1. The summed E-state index contributed by atoms with van der Waals surface area (Å²) in [5.74, 6) is 1.52. The summed E-state index contributed by atoms with van der Waals surface area (Å²) in [6.45, 7) is 9.65. The van der Waals surface area contributed by atoms with Gasteiger partial charge in [-0.25, -0.2) is 0 Å². The van der Waals surface area contributed by atoms with Crippen LogP contribution in [0.2, 0.25) is 0 Å². The van der Waals surface area contributed by atoms with E-state index in [1.54, 1.807) is 0 Å². The molecule has 0 rings (SSSR count). The van der Waals surface area contributed by atoms with Crippen molar-refractivity contribution in [3.05, 3.63) is 0 Å². The maximum absolute atomic E-state index is 8.58. The number of hydrogen-bond donors (Lipinski definition) is 0. The van der Waals surface area contributed by atoms with Crippen LogP contribution in [0.1, 0.15) is 79.1 Å². The summed E-state index contributed by atoms with van der Waals surface area (Å²) in [4.78, 5) is 0. The van der Waals surface area contributed by atoms with Gasteiger partial charge in [0.1, 0.15) is 0 Å². The van der Waals surface area contributed by atoms with Crippen LogP contribution in [0.25, 0.3) is 0 Å². The molecular weight excluding hydrogens is 234 g/mol. The van der Waals surface area contributed by atoms with Crippen LogP contribution in [0.15, 0.2) is 0 Å². The summed E-state index contributed by atoms with van der Waals surface area (Å²) >= 11 is 0. The summed E-state index contributed by atoms with van der Waals surface area (Å²) in [6, 6.07) is 2.16. The second kappa shape index (κ2) is 12.5. The van der Waals surface area contributed by atoms with E-state index in [1.165, 1.54) is 32.1 Å². The van der Waals surface area contributed by atoms with Crippen molar-refractivity contribution in [1.29, 1.82) is 5.26 Å². The molecule has 2 atom stereocenters. The van der Waals surface area contributed by atoms with Crippen molar-refractivity contribution in [1.82, 2.24) is 0 Å². The third kappa shape index (κ3) is 11.0. The maximum Gasteiger partial charge on any atom is 0.0645 e.